The van der Waals surface area contributed by atoms with E-state index in [1.807, 2.05) is 106 Å². The molecular formula is C12H10OS9. The van der Waals surface area contributed by atoms with E-state index in [4.69, 9.17) is 4.74 Å². The zero-order valence-electron chi connectivity index (χ0n) is 11.1. The van der Waals surface area contributed by atoms with Crippen molar-refractivity contribution in [2.75, 3.05) is 23.9 Å². The summed E-state index contributed by atoms with van der Waals surface area (Å²) in [5, 5.41) is 0. The van der Waals surface area contributed by atoms with Crippen molar-refractivity contribution in [1.82, 2.24) is 0 Å². The third kappa shape index (κ3) is 3.20. The number of ether oxygens (including phenoxy) is 1. The zero-order chi connectivity index (χ0) is 14.5. The maximum atomic E-state index is 5.84. The van der Waals surface area contributed by atoms with Crippen LogP contribution in [0.3, 0.4) is 0 Å². The van der Waals surface area contributed by atoms with Crippen molar-refractivity contribution in [2.45, 2.75) is 10.0 Å². The molecule has 0 aromatic heterocycles. The first-order valence-corrected chi connectivity index (χ1v) is 14.7. The van der Waals surface area contributed by atoms with Crippen molar-refractivity contribution in [3.05, 3.63) is 25.4 Å². The number of hydrogen-bond acceptors (Lipinski definition) is 10. The molecule has 0 unspecified atom stereocenters. The summed E-state index contributed by atoms with van der Waals surface area (Å²) in [6, 6.07) is 0. The summed E-state index contributed by atoms with van der Waals surface area (Å²) in [6.45, 7) is 0.924. The van der Waals surface area contributed by atoms with E-state index in [0.29, 0.717) is 10.0 Å². The molecule has 1 saturated heterocycles. The minimum atomic E-state index is 0.384. The topological polar surface area (TPSA) is 9.23 Å². The molecule has 0 saturated carbocycles. The fraction of sp³-hybridized carbons (Fsp3) is 0.500. The third-order valence-electron chi connectivity index (χ3n) is 3.11. The van der Waals surface area contributed by atoms with Crippen molar-refractivity contribution in [3.8, 4) is 0 Å². The quantitative estimate of drug-likeness (QED) is 0.417. The van der Waals surface area contributed by atoms with E-state index in [0.717, 1.165) is 12.4 Å². The van der Waals surface area contributed by atoms with Gasteiger partial charge in [-0.15, -0.1) is 35.3 Å². The summed E-state index contributed by atoms with van der Waals surface area (Å²) in [5.74, 6) is 3.69. The lowest BCUT2D eigenvalue weighted by molar-refractivity contribution is 0.154. The van der Waals surface area contributed by atoms with Gasteiger partial charge in [0.05, 0.1) is 36.6 Å². The van der Waals surface area contributed by atoms with Crippen molar-refractivity contribution in [2.24, 2.45) is 0 Å². The van der Waals surface area contributed by atoms with Gasteiger partial charge >= 0.3 is 0 Å². The van der Waals surface area contributed by atoms with E-state index in [1.54, 1.807) is 8.47 Å². The van der Waals surface area contributed by atoms with Gasteiger partial charge in [0.1, 0.15) is 5.44 Å². The minimum Gasteiger partial charge on any atom is -0.365 e. The smallest absolute Gasteiger partial charge is 0.125 e. The van der Waals surface area contributed by atoms with Gasteiger partial charge < -0.3 is 4.74 Å². The Bertz CT molecular complexity index is 564. The molecule has 0 aliphatic carbocycles. The average molecular weight is 459 g/mol. The Kier molecular flexibility index (Phi) is 5.36. The molecule has 0 aromatic rings. The van der Waals surface area contributed by atoms with Gasteiger partial charge in [-0.05, 0) is 0 Å². The van der Waals surface area contributed by atoms with Crippen molar-refractivity contribution in [3.63, 3.8) is 0 Å². The largest absolute Gasteiger partial charge is 0.365 e. The normalized spacial score (nSPS) is 32.5. The fourth-order valence-corrected chi connectivity index (χ4v) is 16.7. The van der Waals surface area contributed by atoms with Crippen LogP contribution >= 0.6 is 106 Å². The summed E-state index contributed by atoms with van der Waals surface area (Å²) in [6.07, 6.45) is 0. The second kappa shape index (κ2) is 7.15. The molecule has 0 radical (unpaired) electrons. The minimum absolute atomic E-state index is 0.384. The Morgan fingerprint density at radius 3 is 1.82 bits per heavy atom. The number of thioether (sulfide) groups is 9. The molecule has 0 spiro atoms. The second-order valence-electron chi connectivity index (χ2n) is 4.54. The third-order valence-corrected chi connectivity index (χ3v) is 16.9. The molecule has 0 bridgehead atoms. The lowest BCUT2D eigenvalue weighted by Crippen LogP contribution is -2.13. The predicted molar refractivity (Wildman–Crippen MR) is 118 cm³/mol. The number of rotatable bonds is 1. The van der Waals surface area contributed by atoms with Crippen LogP contribution in [0.4, 0.5) is 0 Å². The van der Waals surface area contributed by atoms with E-state index in [-0.39, 0.29) is 0 Å². The van der Waals surface area contributed by atoms with Crippen molar-refractivity contribution >= 4 is 106 Å². The van der Waals surface area contributed by atoms with Crippen LogP contribution in [-0.4, -0.2) is 33.9 Å². The maximum absolute atomic E-state index is 5.84. The first-order valence-electron chi connectivity index (χ1n) is 6.63. The van der Waals surface area contributed by atoms with Crippen molar-refractivity contribution in [1.29, 1.82) is 0 Å². The second-order valence-corrected chi connectivity index (χ2v) is 16.2. The Labute approximate surface area is 168 Å². The lowest BCUT2D eigenvalue weighted by Gasteiger charge is -2.16. The van der Waals surface area contributed by atoms with E-state index in [1.165, 1.54) is 28.5 Å². The highest BCUT2D eigenvalue weighted by molar-refractivity contribution is 8.48. The molecule has 0 N–H and O–H groups in total. The van der Waals surface area contributed by atoms with Gasteiger partial charge in [0, 0.05) is 17.3 Å². The highest BCUT2D eigenvalue weighted by Crippen LogP contribution is 2.70. The highest BCUT2D eigenvalue weighted by atomic mass is 32.3. The van der Waals surface area contributed by atoms with Crippen LogP contribution in [-0.2, 0) is 4.74 Å². The molecule has 1 fully saturated rings. The van der Waals surface area contributed by atoms with Crippen LogP contribution in [0.5, 0.6) is 0 Å². The molecular weight excluding hydrogens is 449 g/mol. The van der Waals surface area contributed by atoms with Gasteiger partial charge in [-0.25, -0.2) is 0 Å². The molecule has 118 valence electrons. The van der Waals surface area contributed by atoms with Gasteiger partial charge in [0.15, 0.2) is 0 Å². The van der Waals surface area contributed by atoms with Gasteiger partial charge in [-0.3, -0.25) is 0 Å². The van der Waals surface area contributed by atoms with Crippen LogP contribution in [0, 0.1) is 0 Å². The first kappa shape index (κ1) is 16.5. The molecule has 10 heteroatoms. The highest BCUT2D eigenvalue weighted by Gasteiger charge is 2.41. The SMILES string of the molecule is C1CS[C@H](C2SC3=C(SC(=C4SC5=C(SCCS5)S4)S3)S2)O1. The number of hydrogen-bond donors (Lipinski definition) is 0. The van der Waals surface area contributed by atoms with Gasteiger partial charge in [0.25, 0.3) is 0 Å². The summed E-state index contributed by atoms with van der Waals surface area (Å²) in [7, 11) is 0. The first-order chi connectivity index (χ1) is 10.9. The van der Waals surface area contributed by atoms with Crippen LogP contribution in [0.25, 0.3) is 0 Å². The van der Waals surface area contributed by atoms with E-state index in [2.05, 4.69) is 0 Å². The summed E-state index contributed by atoms with van der Waals surface area (Å²) >= 11 is 18.1. The summed E-state index contributed by atoms with van der Waals surface area (Å²) in [4.78, 5) is 0. The Balaban J connectivity index is 1.26. The Hall–Kier alpha value is 2.33. The van der Waals surface area contributed by atoms with Crippen molar-refractivity contribution < 1.29 is 4.74 Å². The predicted octanol–water partition coefficient (Wildman–Crippen LogP) is 6.70. The molecule has 0 amide bonds. The van der Waals surface area contributed by atoms with Gasteiger partial charge in [0.2, 0.25) is 0 Å². The molecule has 5 aliphatic rings. The van der Waals surface area contributed by atoms with E-state index >= 15 is 0 Å². The molecule has 1 nitrogen and oxygen atoms in total. The monoisotopic (exact) mass is 458 g/mol. The van der Waals surface area contributed by atoms with Gasteiger partial charge in [-0.2, -0.15) is 0 Å². The molecule has 5 heterocycles. The standard InChI is InChI=1S/C12H10OS9/c1-2-14-5(13-1)6-17-9-10(18-6)22-12(21-9)11-19-7-8(20-11)16-4-3-15-7/h5-6H,1-4H2/t5-/m1/s1. The van der Waals surface area contributed by atoms with E-state index < -0.39 is 0 Å². The van der Waals surface area contributed by atoms with Crippen LogP contribution in [0.1, 0.15) is 0 Å². The zero-order valence-corrected chi connectivity index (χ0v) is 18.4. The summed E-state index contributed by atoms with van der Waals surface area (Å²) in [5.41, 5.74) is 0.384. The molecule has 22 heavy (non-hydrogen) atoms. The average Bonchev–Trinajstić information content (AvgIpc) is 3.27. The van der Waals surface area contributed by atoms with E-state index in [9.17, 15) is 0 Å². The van der Waals surface area contributed by atoms with Crippen LogP contribution in [0.2, 0.25) is 0 Å². The molecule has 5 rings (SSSR count). The lowest BCUT2D eigenvalue weighted by atomic mass is 10.8. The van der Waals surface area contributed by atoms with Crippen LogP contribution in [0.15, 0.2) is 25.4 Å². The molecule has 1 atom stereocenters. The summed E-state index contributed by atoms with van der Waals surface area (Å²) < 4.78 is 15.6. The van der Waals surface area contributed by atoms with Gasteiger partial charge in [-0.1, -0.05) is 70.6 Å². The maximum Gasteiger partial charge on any atom is 0.125 e. The molecule has 0 aromatic carbocycles. The fourth-order valence-electron chi connectivity index (χ4n) is 2.18. The Morgan fingerprint density at radius 1 is 0.682 bits per heavy atom. The molecule has 5 aliphatic heterocycles. The van der Waals surface area contributed by atoms with Crippen LogP contribution < -0.4 is 0 Å². The Morgan fingerprint density at radius 2 is 1.27 bits per heavy atom.